The number of para-hydroxylation sites is 1. The maximum atomic E-state index is 3.81. The van der Waals surface area contributed by atoms with Crippen LogP contribution in [-0.2, 0) is 6.42 Å². The number of rotatable bonds is 11. The Morgan fingerprint density at radius 2 is 1.63 bits per heavy atom. The molecule has 30 heavy (non-hydrogen) atoms. The Kier molecular flexibility index (Phi) is 8.62. The Balaban J connectivity index is 1.83. The molecule has 1 aliphatic carbocycles. The maximum Gasteiger partial charge on any atom is 0.0847 e. The van der Waals surface area contributed by atoms with E-state index in [4.69, 9.17) is 0 Å². The third-order valence-corrected chi connectivity index (χ3v) is 5.95. The van der Waals surface area contributed by atoms with Crippen LogP contribution in [0.3, 0.4) is 0 Å². The Labute approximate surface area is 183 Å². The Morgan fingerprint density at radius 3 is 2.37 bits per heavy atom. The number of anilines is 1. The second-order valence-electron chi connectivity index (χ2n) is 8.30. The molecule has 0 saturated heterocycles. The predicted molar refractivity (Wildman–Crippen MR) is 132 cm³/mol. The normalized spacial score (nSPS) is 16.0. The molecule has 160 valence electrons. The molecule has 0 amide bonds. The van der Waals surface area contributed by atoms with Gasteiger partial charge >= 0.3 is 0 Å². The summed E-state index contributed by atoms with van der Waals surface area (Å²) in [6.45, 7) is 7.58. The van der Waals surface area contributed by atoms with Gasteiger partial charge in [-0.2, -0.15) is 0 Å². The lowest BCUT2D eigenvalue weighted by Gasteiger charge is -2.27. The molecule has 1 unspecified atom stereocenters. The average Bonchev–Trinajstić information content (AvgIpc) is 2.77. The zero-order valence-electron chi connectivity index (χ0n) is 19.0. The number of hydrogen-bond acceptors (Lipinski definition) is 2. The lowest BCUT2D eigenvalue weighted by molar-refractivity contribution is 0.507. The minimum Gasteiger partial charge on any atom is -0.371 e. The Bertz CT molecular complexity index is 848. The van der Waals surface area contributed by atoms with Gasteiger partial charge in [0.15, 0.2) is 0 Å². The van der Waals surface area contributed by atoms with Crippen molar-refractivity contribution < 1.29 is 0 Å². The van der Waals surface area contributed by atoms with Crippen molar-refractivity contribution in [3.63, 3.8) is 0 Å². The van der Waals surface area contributed by atoms with Crippen molar-refractivity contribution in [3.8, 4) is 11.1 Å². The fourth-order valence-corrected chi connectivity index (χ4v) is 4.57. The van der Waals surface area contributed by atoms with Crippen LogP contribution in [-0.4, -0.2) is 6.67 Å². The van der Waals surface area contributed by atoms with E-state index in [1.54, 1.807) is 0 Å². The third-order valence-electron chi connectivity index (χ3n) is 5.95. The van der Waals surface area contributed by atoms with Crippen LogP contribution in [0.5, 0.6) is 0 Å². The van der Waals surface area contributed by atoms with Crippen LogP contribution < -0.4 is 10.6 Å². The van der Waals surface area contributed by atoms with Crippen LogP contribution in [0, 0.1) is 5.92 Å². The van der Waals surface area contributed by atoms with Crippen molar-refractivity contribution in [2.75, 3.05) is 12.0 Å². The summed E-state index contributed by atoms with van der Waals surface area (Å²) < 4.78 is 0. The van der Waals surface area contributed by atoms with E-state index in [2.05, 4.69) is 92.1 Å². The first kappa shape index (κ1) is 22.2. The molecular formula is C28H38N2. The first-order valence-corrected chi connectivity index (χ1v) is 11.8. The van der Waals surface area contributed by atoms with Gasteiger partial charge in [-0.05, 0) is 42.4 Å². The Hall–Kier alpha value is -2.48. The van der Waals surface area contributed by atoms with E-state index in [1.807, 2.05) is 0 Å². The highest BCUT2D eigenvalue weighted by atomic mass is 15.1. The van der Waals surface area contributed by atoms with Gasteiger partial charge < -0.3 is 10.6 Å². The molecule has 3 rings (SSSR count). The van der Waals surface area contributed by atoms with Gasteiger partial charge in [-0.1, -0.05) is 101 Å². The van der Waals surface area contributed by atoms with E-state index in [-0.39, 0.29) is 0 Å². The van der Waals surface area contributed by atoms with Gasteiger partial charge in [-0.3, -0.25) is 0 Å². The molecule has 1 atom stereocenters. The van der Waals surface area contributed by atoms with E-state index in [1.165, 1.54) is 52.9 Å². The summed E-state index contributed by atoms with van der Waals surface area (Å²) in [5.74, 6) is 0.628. The fourth-order valence-electron chi connectivity index (χ4n) is 4.57. The van der Waals surface area contributed by atoms with E-state index in [0.717, 1.165) is 32.4 Å². The quantitative estimate of drug-likeness (QED) is 0.376. The molecule has 0 saturated carbocycles. The van der Waals surface area contributed by atoms with Gasteiger partial charge in [0.25, 0.3) is 0 Å². The SMILES string of the molecule is CCCC1=C(NCNc2c(CCC)cccc2-c2ccccc2)C(CCC)CC=C1. The number of benzene rings is 2. The van der Waals surface area contributed by atoms with Gasteiger partial charge in [-0.15, -0.1) is 0 Å². The fraction of sp³-hybridized carbons (Fsp3) is 0.429. The highest BCUT2D eigenvalue weighted by Gasteiger charge is 2.19. The third kappa shape index (κ3) is 5.56. The maximum absolute atomic E-state index is 3.81. The predicted octanol–water partition coefficient (Wildman–Crippen LogP) is 7.70. The summed E-state index contributed by atoms with van der Waals surface area (Å²) in [4.78, 5) is 0. The standard InChI is InChI=1S/C28H38N2/c1-4-12-23-17-10-18-24(13-5-2)27(23)29-21-30-28-25(14-6-3)19-11-20-26(28)22-15-8-7-9-16-22/h7-11,15-17,19-20,24,29-30H,4-6,12-14,18,21H2,1-3H3. The van der Waals surface area contributed by atoms with E-state index in [9.17, 15) is 0 Å². The van der Waals surface area contributed by atoms with Crippen LogP contribution in [0.1, 0.15) is 64.9 Å². The van der Waals surface area contributed by atoms with E-state index >= 15 is 0 Å². The van der Waals surface area contributed by atoms with E-state index < -0.39 is 0 Å². The molecule has 2 N–H and O–H groups in total. The molecule has 2 nitrogen and oxygen atoms in total. The van der Waals surface area contributed by atoms with Gasteiger partial charge in [0.05, 0.1) is 6.67 Å². The van der Waals surface area contributed by atoms with Crippen LogP contribution >= 0.6 is 0 Å². The molecule has 0 spiro atoms. The van der Waals surface area contributed by atoms with Gasteiger partial charge in [0.2, 0.25) is 0 Å². The molecule has 2 aromatic rings. The summed E-state index contributed by atoms with van der Waals surface area (Å²) in [6.07, 6.45) is 12.9. The van der Waals surface area contributed by atoms with Crippen molar-refractivity contribution in [1.82, 2.24) is 5.32 Å². The summed E-state index contributed by atoms with van der Waals surface area (Å²) in [6, 6.07) is 17.4. The minimum atomic E-state index is 0.628. The molecule has 0 fully saturated rings. The number of allylic oxidation sites excluding steroid dienone is 4. The highest BCUT2D eigenvalue weighted by molar-refractivity contribution is 5.80. The number of hydrogen-bond donors (Lipinski definition) is 2. The summed E-state index contributed by atoms with van der Waals surface area (Å²) in [5, 5.41) is 7.57. The molecule has 0 bridgehead atoms. The molecule has 1 aliphatic rings. The minimum absolute atomic E-state index is 0.628. The highest BCUT2D eigenvalue weighted by Crippen LogP contribution is 2.33. The van der Waals surface area contributed by atoms with Crippen LogP contribution in [0.15, 0.2) is 72.0 Å². The lowest BCUT2D eigenvalue weighted by Crippen LogP contribution is -2.29. The smallest absolute Gasteiger partial charge is 0.0847 e. The second kappa shape index (κ2) is 11.6. The van der Waals surface area contributed by atoms with Crippen molar-refractivity contribution >= 4 is 5.69 Å². The van der Waals surface area contributed by atoms with Gasteiger partial charge in [0.1, 0.15) is 0 Å². The van der Waals surface area contributed by atoms with Crippen molar-refractivity contribution in [3.05, 3.63) is 77.5 Å². The van der Waals surface area contributed by atoms with Crippen LogP contribution in [0.4, 0.5) is 5.69 Å². The van der Waals surface area contributed by atoms with Crippen molar-refractivity contribution in [2.24, 2.45) is 5.92 Å². The van der Waals surface area contributed by atoms with Gasteiger partial charge in [-0.25, -0.2) is 0 Å². The number of nitrogens with one attached hydrogen (secondary N) is 2. The van der Waals surface area contributed by atoms with Crippen LogP contribution in [0.2, 0.25) is 0 Å². The molecule has 0 radical (unpaired) electrons. The average molecular weight is 403 g/mol. The summed E-state index contributed by atoms with van der Waals surface area (Å²) in [5.41, 5.74) is 8.19. The molecular weight excluding hydrogens is 364 g/mol. The van der Waals surface area contributed by atoms with Crippen molar-refractivity contribution in [2.45, 2.75) is 65.7 Å². The molecule has 0 aliphatic heterocycles. The van der Waals surface area contributed by atoms with E-state index in [0.29, 0.717) is 5.92 Å². The van der Waals surface area contributed by atoms with Crippen LogP contribution in [0.25, 0.3) is 11.1 Å². The largest absolute Gasteiger partial charge is 0.371 e. The topological polar surface area (TPSA) is 24.1 Å². The Morgan fingerprint density at radius 1 is 0.833 bits per heavy atom. The summed E-state index contributed by atoms with van der Waals surface area (Å²) in [7, 11) is 0. The monoisotopic (exact) mass is 402 g/mol. The first-order chi connectivity index (χ1) is 14.8. The molecule has 0 heterocycles. The first-order valence-electron chi connectivity index (χ1n) is 11.8. The summed E-state index contributed by atoms with van der Waals surface area (Å²) >= 11 is 0. The molecule has 2 aromatic carbocycles. The zero-order chi connectivity index (χ0) is 21.2. The van der Waals surface area contributed by atoms with Crippen molar-refractivity contribution in [1.29, 1.82) is 0 Å². The zero-order valence-corrected chi connectivity index (χ0v) is 19.0. The molecule has 0 aromatic heterocycles. The molecule has 2 heteroatoms. The second-order valence-corrected chi connectivity index (χ2v) is 8.30. The van der Waals surface area contributed by atoms with Gasteiger partial charge in [0, 0.05) is 22.9 Å². The lowest BCUT2D eigenvalue weighted by atomic mass is 9.87. The number of aryl methyl sites for hydroxylation is 1.